The van der Waals surface area contributed by atoms with Crippen LogP contribution < -0.4 is 4.90 Å². The SMILES string of the molecule is Clc1ccc2nc(N3CCCC(N4CCOCC4)C3)sc2c1. The molecule has 0 aliphatic carbocycles. The molecule has 1 unspecified atom stereocenters. The minimum absolute atomic E-state index is 0.633. The summed E-state index contributed by atoms with van der Waals surface area (Å²) >= 11 is 7.84. The van der Waals surface area contributed by atoms with Crippen molar-refractivity contribution in [1.82, 2.24) is 9.88 Å². The lowest BCUT2D eigenvalue weighted by molar-refractivity contribution is 0.0137. The molecule has 1 aromatic heterocycles. The molecule has 0 radical (unpaired) electrons. The van der Waals surface area contributed by atoms with Gasteiger partial charge in [-0.25, -0.2) is 4.98 Å². The summed E-state index contributed by atoms with van der Waals surface area (Å²) in [6, 6.07) is 6.58. The number of halogens is 1. The van der Waals surface area contributed by atoms with E-state index < -0.39 is 0 Å². The van der Waals surface area contributed by atoms with Crippen molar-refractivity contribution in [3.8, 4) is 0 Å². The van der Waals surface area contributed by atoms with Crippen LogP contribution in [-0.4, -0.2) is 55.3 Å². The van der Waals surface area contributed by atoms with E-state index in [0.29, 0.717) is 6.04 Å². The number of hydrogen-bond donors (Lipinski definition) is 0. The monoisotopic (exact) mass is 337 g/mol. The number of ether oxygens (including phenoxy) is 1. The molecule has 0 spiro atoms. The predicted molar refractivity (Wildman–Crippen MR) is 92.3 cm³/mol. The van der Waals surface area contributed by atoms with E-state index in [1.54, 1.807) is 11.3 Å². The number of benzene rings is 1. The molecule has 0 saturated carbocycles. The van der Waals surface area contributed by atoms with Crippen LogP contribution in [0.15, 0.2) is 18.2 Å². The average molecular weight is 338 g/mol. The molecule has 22 heavy (non-hydrogen) atoms. The highest BCUT2D eigenvalue weighted by Crippen LogP contribution is 2.32. The number of piperidine rings is 1. The highest BCUT2D eigenvalue weighted by atomic mass is 35.5. The average Bonchev–Trinajstić information content (AvgIpc) is 2.99. The highest BCUT2D eigenvalue weighted by Gasteiger charge is 2.27. The van der Waals surface area contributed by atoms with E-state index in [-0.39, 0.29) is 0 Å². The van der Waals surface area contributed by atoms with Crippen LogP contribution in [0.2, 0.25) is 5.02 Å². The van der Waals surface area contributed by atoms with Crippen molar-refractivity contribution in [3.63, 3.8) is 0 Å². The molecule has 2 aliphatic heterocycles. The molecular weight excluding hydrogens is 318 g/mol. The molecule has 1 aromatic carbocycles. The Kier molecular flexibility index (Phi) is 4.22. The zero-order valence-electron chi connectivity index (χ0n) is 12.5. The van der Waals surface area contributed by atoms with Crippen LogP contribution in [0.3, 0.4) is 0 Å². The van der Waals surface area contributed by atoms with Crippen molar-refractivity contribution >= 4 is 38.3 Å². The van der Waals surface area contributed by atoms with Crippen molar-refractivity contribution in [2.75, 3.05) is 44.3 Å². The van der Waals surface area contributed by atoms with E-state index in [4.69, 9.17) is 21.3 Å². The van der Waals surface area contributed by atoms with Crippen LogP contribution in [0, 0.1) is 0 Å². The van der Waals surface area contributed by atoms with Gasteiger partial charge in [-0.2, -0.15) is 0 Å². The molecular formula is C16H20ClN3OS. The van der Waals surface area contributed by atoms with Gasteiger partial charge in [-0.15, -0.1) is 0 Å². The lowest BCUT2D eigenvalue weighted by atomic mass is 10.0. The van der Waals surface area contributed by atoms with E-state index in [2.05, 4.69) is 9.80 Å². The Balaban J connectivity index is 1.52. The summed E-state index contributed by atoms with van der Waals surface area (Å²) in [5, 5.41) is 1.92. The van der Waals surface area contributed by atoms with Crippen LogP contribution in [0.1, 0.15) is 12.8 Å². The number of anilines is 1. The van der Waals surface area contributed by atoms with Gasteiger partial charge in [-0.05, 0) is 31.0 Å². The molecule has 2 fully saturated rings. The van der Waals surface area contributed by atoms with Crippen LogP contribution in [0.4, 0.5) is 5.13 Å². The van der Waals surface area contributed by atoms with Crippen molar-refractivity contribution in [2.24, 2.45) is 0 Å². The quantitative estimate of drug-likeness (QED) is 0.841. The summed E-state index contributed by atoms with van der Waals surface area (Å²) in [6.45, 7) is 6.05. The fraction of sp³-hybridized carbons (Fsp3) is 0.562. The first kappa shape index (κ1) is 14.7. The molecule has 0 amide bonds. The molecule has 4 rings (SSSR count). The minimum Gasteiger partial charge on any atom is -0.379 e. The maximum Gasteiger partial charge on any atom is 0.186 e. The molecule has 118 valence electrons. The van der Waals surface area contributed by atoms with Gasteiger partial charge in [0, 0.05) is 37.2 Å². The molecule has 2 aliphatic rings. The Morgan fingerprint density at radius 1 is 1.23 bits per heavy atom. The molecule has 1 atom stereocenters. The second-order valence-electron chi connectivity index (χ2n) is 6.00. The van der Waals surface area contributed by atoms with Gasteiger partial charge in [0.15, 0.2) is 5.13 Å². The largest absolute Gasteiger partial charge is 0.379 e. The minimum atomic E-state index is 0.633. The van der Waals surface area contributed by atoms with E-state index in [9.17, 15) is 0 Å². The van der Waals surface area contributed by atoms with Gasteiger partial charge >= 0.3 is 0 Å². The van der Waals surface area contributed by atoms with Crippen molar-refractivity contribution in [2.45, 2.75) is 18.9 Å². The summed E-state index contributed by atoms with van der Waals surface area (Å²) in [5.41, 5.74) is 1.05. The maximum atomic E-state index is 6.09. The van der Waals surface area contributed by atoms with E-state index in [0.717, 1.165) is 55.1 Å². The fourth-order valence-corrected chi connectivity index (χ4v) is 4.67. The lowest BCUT2D eigenvalue weighted by Gasteiger charge is -2.40. The number of fused-ring (bicyclic) bond motifs is 1. The number of morpholine rings is 1. The first-order valence-corrected chi connectivity index (χ1v) is 9.12. The summed E-state index contributed by atoms with van der Waals surface area (Å²) in [7, 11) is 0. The molecule has 4 nitrogen and oxygen atoms in total. The van der Waals surface area contributed by atoms with Crippen molar-refractivity contribution < 1.29 is 4.74 Å². The number of rotatable bonds is 2. The Labute approximate surface area is 139 Å². The van der Waals surface area contributed by atoms with Gasteiger partial charge in [0.2, 0.25) is 0 Å². The summed E-state index contributed by atoms with van der Waals surface area (Å²) < 4.78 is 6.65. The van der Waals surface area contributed by atoms with Gasteiger partial charge in [-0.3, -0.25) is 4.90 Å². The molecule has 2 saturated heterocycles. The zero-order chi connectivity index (χ0) is 14.9. The topological polar surface area (TPSA) is 28.6 Å². The maximum absolute atomic E-state index is 6.09. The summed E-state index contributed by atoms with van der Waals surface area (Å²) in [4.78, 5) is 9.83. The van der Waals surface area contributed by atoms with Crippen molar-refractivity contribution in [3.05, 3.63) is 23.2 Å². The standard InChI is InChI=1S/C16H20ClN3OS/c17-12-3-4-14-15(10-12)22-16(18-14)20-5-1-2-13(11-20)19-6-8-21-9-7-19/h3-4,10,13H,1-2,5-9,11H2. The third-order valence-corrected chi connectivity index (χ3v) is 5.88. The van der Waals surface area contributed by atoms with Gasteiger partial charge in [0.1, 0.15) is 0 Å². The first-order chi connectivity index (χ1) is 10.8. The third-order valence-electron chi connectivity index (χ3n) is 4.57. The van der Waals surface area contributed by atoms with E-state index in [1.807, 2.05) is 18.2 Å². The van der Waals surface area contributed by atoms with Crippen LogP contribution in [0.5, 0.6) is 0 Å². The number of hydrogen-bond acceptors (Lipinski definition) is 5. The number of thiazole rings is 1. The van der Waals surface area contributed by atoms with Gasteiger partial charge < -0.3 is 9.64 Å². The Hall–Kier alpha value is -0.880. The number of nitrogens with zero attached hydrogens (tertiary/aromatic N) is 3. The third kappa shape index (κ3) is 2.95. The second-order valence-corrected chi connectivity index (χ2v) is 7.44. The fourth-order valence-electron chi connectivity index (χ4n) is 3.39. The number of aromatic nitrogens is 1. The van der Waals surface area contributed by atoms with Gasteiger partial charge in [0.05, 0.1) is 23.4 Å². The van der Waals surface area contributed by atoms with Gasteiger partial charge in [0.25, 0.3) is 0 Å². The van der Waals surface area contributed by atoms with E-state index >= 15 is 0 Å². The molecule has 0 bridgehead atoms. The summed E-state index contributed by atoms with van der Waals surface area (Å²) in [5.74, 6) is 0. The van der Waals surface area contributed by atoms with Gasteiger partial charge in [-0.1, -0.05) is 22.9 Å². The molecule has 0 N–H and O–H groups in total. The zero-order valence-corrected chi connectivity index (χ0v) is 14.1. The highest BCUT2D eigenvalue weighted by molar-refractivity contribution is 7.22. The molecule has 3 heterocycles. The summed E-state index contributed by atoms with van der Waals surface area (Å²) in [6.07, 6.45) is 2.52. The predicted octanol–water partition coefficient (Wildman–Crippen LogP) is 3.25. The Bertz CT molecular complexity index is 656. The molecule has 2 aromatic rings. The van der Waals surface area contributed by atoms with Crippen LogP contribution >= 0.6 is 22.9 Å². The lowest BCUT2D eigenvalue weighted by Crippen LogP contribution is -2.51. The van der Waals surface area contributed by atoms with E-state index in [1.165, 1.54) is 17.5 Å². The van der Waals surface area contributed by atoms with Crippen LogP contribution in [-0.2, 0) is 4.74 Å². The molecule has 6 heteroatoms. The van der Waals surface area contributed by atoms with Crippen LogP contribution in [0.25, 0.3) is 10.2 Å². The second kappa shape index (κ2) is 6.32. The van der Waals surface area contributed by atoms with Crippen molar-refractivity contribution in [1.29, 1.82) is 0 Å². The Morgan fingerprint density at radius 2 is 2.09 bits per heavy atom. The smallest absolute Gasteiger partial charge is 0.186 e. The normalized spacial score (nSPS) is 24.0. The first-order valence-electron chi connectivity index (χ1n) is 7.92. The Morgan fingerprint density at radius 3 is 2.95 bits per heavy atom.